The molecule has 1 fully saturated rings. The maximum absolute atomic E-state index is 9.87. The summed E-state index contributed by atoms with van der Waals surface area (Å²) in [4.78, 5) is 0. The van der Waals surface area contributed by atoms with Gasteiger partial charge in [-0.25, -0.2) is 0 Å². The van der Waals surface area contributed by atoms with E-state index in [0.29, 0.717) is 5.92 Å². The highest BCUT2D eigenvalue weighted by Crippen LogP contribution is 2.23. The largest absolute Gasteiger partial charge is 0.393 e. The lowest BCUT2D eigenvalue weighted by Gasteiger charge is -2.27. The summed E-state index contributed by atoms with van der Waals surface area (Å²) in [7, 11) is 1.95. The molecule has 0 aromatic carbocycles. The van der Waals surface area contributed by atoms with Gasteiger partial charge in [0.25, 0.3) is 0 Å². The van der Waals surface area contributed by atoms with Crippen LogP contribution in [0.15, 0.2) is 6.20 Å². The number of aliphatic hydroxyl groups excluding tert-OH is 1. The average Bonchev–Trinajstić information content (AvgIpc) is 2.60. The van der Waals surface area contributed by atoms with Gasteiger partial charge in [-0.15, -0.1) is 0 Å². The minimum absolute atomic E-state index is 0.105. The van der Waals surface area contributed by atoms with Gasteiger partial charge >= 0.3 is 0 Å². The molecule has 1 aromatic rings. The first-order valence-corrected chi connectivity index (χ1v) is 6.54. The molecular weight excluding hydrogens is 214 g/mol. The van der Waals surface area contributed by atoms with Gasteiger partial charge in [0, 0.05) is 31.9 Å². The molecule has 2 unspecified atom stereocenters. The summed E-state index contributed by atoms with van der Waals surface area (Å²) in [5.74, 6) is 0.431. The normalized spacial score (nSPS) is 25.1. The summed E-state index contributed by atoms with van der Waals surface area (Å²) in [5, 5.41) is 17.6. The van der Waals surface area contributed by atoms with Crippen molar-refractivity contribution in [1.29, 1.82) is 0 Å². The molecular formula is C13H23N3O. The zero-order valence-electron chi connectivity index (χ0n) is 10.8. The molecule has 96 valence electrons. The maximum Gasteiger partial charge on any atom is 0.0638 e. The van der Waals surface area contributed by atoms with Crippen LogP contribution in [-0.2, 0) is 13.6 Å². The van der Waals surface area contributed by atoms with Gasteiger partial charge < -0.3 is 10.4 Å². The van der Waals surface area contributed by atoms with E-state index in [2.05, 4.69) is 16.6 Å². The molecule has 0 amide bonds. The number of rotatable bonds is 4. The molecule has 0 saturated heterocycles. The average molecular weight is 237 g/mol. The molecule has 0 radical (unpaired) electrons. The molecule has 1 aromatic heterocycles. The van der Waals surface area contributed by atoms with E-state index >= 15 is 0 Å². The number of aromatic nitrogens is 2. The summed E-state index contributed by atoms with van der Waals surface area (Å²) in [6.45, 7) is 3.80. The zero-order valence-corrected chi connectivity index (χ0v) is 10.8. The molecule has 1 aliphatic carbocycles. The van der Waals surface area contributed by atoms with Crippen molar-refractivity contribution in [2.45, 2.75) is 45.3 Å². The van der Waals surface area contributed by atoms with Gasteiger partial charge in [0.05, 0.1) is 11.8 Å². The number of hydrogen-bond acceptors (Lipinski definition) is 3. The Kier molecular flexibility index (Phi) is 4.18. The van der Waals surface area contributed by atoms with Crippen LogP contribution in [0.25, 0.3) is 0 Å². The fourth-order valence-corrected chi connectivity index (χ4v) is 2.64. The van der Waals surface area contributed by atoms with Gasteiger partial charge in [-0.1, -0.05) is 12.8 Å². The third kappa shape index (κ3) is 3.30. The number of aliphatic hydroxyl groups is 1. The number of aryl methyl sites for hydroxylation is 2. The number of hydrogen-bond donors (Lipinski definition) is 2. The minimum atomic E-state index is -0.105. The molecule has 0 spiro atoms. The van der Waals surface area contributed by atoms with Crippen molar-refractivity contribution in [3.05, 3.63) is 17.5 Å². The van der Waals surface area contributed by atoms with Crippen LogP contribution in [0.5, 0.6) is 0 Å². The number of nitrogens with one attached hydrogen (secondary N) is 1. The molecule has 1 heterocycles. The summed E-state index contributed by atoms with van der Waals surface area (Å²) in [6.07, 6.45) is 6.51. The van der Waals surface area contributed by atoms with E-state index in [0.717, 1.165) is 31.6 Å². The van der Waals surface area contributed by atoms with Crippen molar-refractivity contribution >= 4 is 0 Å². The van der Waals surface area contributed by atoms with Crippen LogP contribution < -0.4 is 5.32 Å². The van der Waals surface area contributed by atoms with Gasteiger partial charge in [-0.3, -0.25) is 4.68 Å². The lowest BCUT2D eigenvalue weighted by atomic mass is 9.86. The highest BCUT2D eigenvalue weighted by Gasteiger charge is 2.22. The highest BCUT2D eigenvalue weighted by molar-refractivity contribution is 5.14. The summed E-state index contributed by atoms with van der Waals surface area (Å²) < 4.78 is 1.85. The third-order valence-electron chi connectivity index (χ3n) is 3.71. The topological polar surface area (TPSA) is 50.1 Å². The summed E-state index contributed by atoms with van der Waals surface area (Å²) >= 11 is 0. The van der Waals surface area contributed by atoms with E-state index in [4.69, 9.17) is 0 Å². The van der Waals surface area contributed by atoms with Crippen LogP contribution in [0.4, 0.5) is 0 Å². The van der Waals surface area contributed by atoms with Gasteiger partial charge in [-0.2, -0.15) is 5.10 Å². The second kappa shape index (κ2) is 5.65. The predicted octanol–water partition coefficient (Wildman–Crippen LogP) is 1.37. The molecule has 1 saturated carbocycles. The summed E-state index contributed by atoms with van der Waals surface area (Å²) in [6, 6.07) is 0. The van der Waals surface area contributed by atoms with E-state index in [9.17, 15) is 5.11 Å². The van der Waals surface area contributed by atoms with Gasteiger partial charge in [0.2, 0.25) is 0 Å². The van der Waals surface area contributed by atoms with Crippen molar-refractivity contribution in [3.8, 4) is 0 Å². The molecule has 0 aliphatic heterocycles. The van der Waals surface area contributed by atoms with Gasteiger partial charge in [0.15, 0.2) is 0 Å². The van der Waals surface area contributed by atoms with E-state index < -0.39 is 0 Å². The van der Waals surface area contributed by atoms with E-state index in [-0.39, 0.29) is 6.10 Å². The Morgan fingerprint density at radius 1 is 1.47 bits per heavy atom. The van der Waals surface area contributed by atoms with Crippen molar-refractivity contribution < 1.29 is 5.11 Å². The van der Waals surface area contributed by atoms with Crippen LogP contribution in [0.1, 0.15) is 36.9 Å². The molecule has 17 heavy (non-hydrogen) atoms. The van der Waals surface area contributed by atoms with Crippen LogP contribution in [0.2, 0.25) is 0 Å². The molecule has 2 N–H and O–H groups in total. The second-order valence-corrected chi connectivity index (χ2v) is 5.16. The Balaban J connectivity index is 1.77. The van der Waals surface area contributed by atoms with Crippen molar-refractivity contribution in [2.75, 3.05) is 6.54 Å². The van der Waals surface area contributed by atoms with Crippen LogP contribution >= 0.6 is 0 Å². The smallest absolute Gasteiger partial charge is 0.0638 e. The lowest BCUT2D eigenvalue weighted by Crippen LogP contribution is -2.33. The third-order valence-corrected chi connectivity index (χ3v) is 3.71. The monoisotopic (exact) mass is 237 g/mol. The van der Waals surface area contributed by atoms with E-state index in [1.165, 1.54) is 18.4 Å². The van der Waals surface area contributed by atoms with Crippen LogP contribution in [-0.4, -0.2) is 27.5 Å². The standard InChI is InChI=1S/C13H23N3O/c1-10-12(9-16(2)15-10)8-14-7-11-5-3-4-6-13(11)17/h9,11,13-14,17H,3-8H2,1-2H3. The maximum atomic E-state index is 9.87. The van der Waals surface area contributed by atoms with E-state index in [1.807, 2.05) is 18.7 Å². The van der Waals surface area contributed by atoms with Crippen molar-refractivity contribution in [3.63, 3.8) is 0 Å². The molecule has 0 bridgehead atoms. The van der Waals surface area contributed by atoms with Gasteiger partial charge in [-0.05, 0) is 25.7 Å². The minimum Gasteiger partial charge on any atom is -0.393 e. The Bertz CT molecular complexity index is 362. The Morgan fingerprint density at radius 2 is 2.24 bits per heavy atom. The van der Waals surface area contributed by atoms with Crippen LogP contribution in [0.3, 0.4) is 0 Å². The molecule has 1 aliphatic rings. The second-order valence-electron chi connectivity index (χ2n) is 5.16. The lowest BCUT2D eigenvalue weighted by molar-refractivity contribution is 0.0695. The molecule has 4 nitrogen and oxygen atoms in total. The zero-order chi connectivity index (χ0) is 12.3. The Morgan fingerprint density at radius 3 is 2.88 bits per heavy atom. The number of nitrogens with zero attached hydrogens (tertiary/aromatic N) is 2. The fourth-order valence-electron chi connectivity index (χ4n) is 2.64. The molecule has 4 heteroatoms. The highest BCUT2D eigenvalue weighted by atomic mass is 16.3. The Labute approximate surface area is 103 Å². The fraction of sp³-hybridized carbons (Fsp3) is 0.769. The Hall–Kier alpha value is -0.870. The first kappa shape index (κ1) is 12.6. The summed E-state index contributed by atoms with van der Waals surface area (Å²) in [5.41, 5.74) is 2.34. The van der Waals surface area contributed by atoms with E-state index in [1.54, 1.807) is 0 Å². The first-order valence-electron chi connectivity index (χ1n) is 6.54. The van der Waals surface area contributed by atoms with Crippen molar-refractivity contribution in [2.24, 2.45) is 13.0 Å². The molecule has 2 rings (SSSR count). The van der Waals surface area contributed by atoms with Crippen molar-refractivity contribution in [1.82, 2.24) is 15.1 Å². The van der Waals surface area contributed by atoms with Gasteiger partial charge in [0.1, 0.15) is 0 Å². The SMILES string of the molecule is Cc1nn(C)cc1CNCC1CCCCC1O. The quantitative estimate of drug-likeness (QED) is 0.831. The first-order chi connectivity index (χ1) is 8.16. The van der Waals surface area contributed by atoms with Crippen LogP contribution in [0, 0.1) is 12.8 Å². The molecule has 2 atom stereocenters. The predicted molar refractivity (Wildman–Crippen MR) is 67.6 cm³/mol.